The van der Waals surface area contributed by atoms with Crippen LogP contribution in [0.4, 0.5) is 0 Å². The Labute approximate surface area is 126 Å². The minimum Gasteiger partial charge on any atom is -0.305 e. The summed E-state index contributed by atoms with van der Waals surface area (Å²) in [7, 11) is 0. The summed E-state index contributed by atoms with van der Waals surface area (Å²) >= 11 is 2.08. The van der Waals surface area contributed by atoms with Crippen LogP contribution in [0.15, 0.2) is 24.3 Å². The first-order valence-electron chi connectivity index (χ1n) is 8.07. The van der Waals surface area contributed by atoms with Crippen LogP contribution in [0.5, 0.6) is 0 Å². The highest BCUT2D eigenvalue weighted by atomic mass is 32.2. The molecule has 0 spiro atoms. The molecule has 2 saturated heterocycles. The van der Waals surface area contributed by atoms with E-state index in [1.807, 2.05) is 0 Å². The summed E-state index contributed by atoms with van der Waals surface area (Å²) in [6.45, 7) is 2.64. The van der Waals surface area contributed by atoms with Gasteiger partial charge in [0.25, 0.3) is 0 Å². The van der Waals surface area contributed by atoms with Crippen molar-refractivity contribution in [2.75, 3.05) is 18.8 Å². The van der Waals surface area contributed by atoms with Gasteiger partial charge in [0.15, 0.2) is 0 Å². The van der Waals surface area contributed by atoms with Crippen molar-refractivity contribution >= 4 is 11.8 Å². The first kappa shape index (κ1) is 13.2. The normalized spacial score (nSPS) is 33.7. The van der Waals surface area contributed by atoms with E-state index < -0.39 is 0 Å². The number of fused-ring (bicyclic) bond motifs is 2. The Bertz CT molecular complexity index is 476. The van der Waals surface area contributed by atoms with Gasteiger partial charge in [-0.1, -0.05) is 30.7 Å². The Hall–Kier alpha value is -0.510. The van der Waals surface area contributed by atoms with Crippen LogP contribution in [0.2, 0.25) is 0 Å². The van der Waals surface area contributed by atoms with E-state index in [4.69, 9.17) is 0 Å². The summed E-state index contributed by atoms with van der Waals surface area (Å²) in [5.74, 6) is 2.43. The molecule has 108 valence electrons. The van der Waals surface area contributed by atoms with Crippen molar-refractivity contribution in [1.82, 2.24) is 10.2 Å². The monoisotopic (exact) mass is 288 g/mol. The SMILES string of the molecule is c1ccc2c(c1)CSCC2NC1CCN2CCCCC12. The molecular formula is C17H24N2S. The van der Waals surface area contributed by atoms with E-state index in [1.165, 1.54) is 50.3 Å². The molecule has 2 nitrogen and oxygen atoms in total. The van der Waals surface area contributed by atoms with Crippen LogP contribution in [-0.4, -0.2) is 35.8 Å². The van der Waals surface area contributed by atoms with Gasteiger partial charge in [-0.25, -0.2) is 0 Å². The molecule has 3 heteroatoms. The Morgan fingerprint density at radius 1 is 1.10 bits per heavy atom. The molecule has 3 heterocycles. The van der Waals surface area contributed by atoms with E-state index in [0.717, 1.165) is 6.04 Å². The Balaban J connectivity index is 1.50. The van der Waals surface area contributed by atoms with Crippen LogP contribution >= 0.6 is 11.8 Å². The van der Waals surface area contributed by atoms with Crippen molar-refractivity contribution < 1.29 is 0 Å². The van der Waals surface area contributed by atoms with Gasteiger partial charge in [-0.2, -0.15) is 11.8 Å². The summed E-state index contributed by atoms with van der Waals surface area (Å²) in [5, 5.41) is 4.01. The number of benzene rings is 1. The van der Waals surface area contributed by atoms with Gasteiger partial charge in [0.1, 0.15) is 0 Å². The fraction of sp³-hybridized carbons (Fsp3) is 0.647. The van der Waals surface area contributed by atoms with Crippen LogP contribution in [-0.2, 0) is 5.75 Å². The highest BCUT2D eigenvalue weighted by molar-refractivity contribution is 7.98. The molecule has 0 radical (unpaired) electrons. The van der Waals surface area contributed by atoms with Crippen molar-refractivity contribution in [2.24, 2.45) is 0 Å². The van der Waals surface area contributed by atoms with E-state index in [-0.39, 0.29) is 0 Å². The maximum Gasteiger partial charge on any atom is 0.0417 e. The zero-order chi connectivity index (χ0) is 13.4. The van der Waals surface area contributed by atoms with Gasteiger partial charge < -0.3 is 5.32 Å². The molecule has 20 heavy (non-hydrogen) atoms. The topological polar surface area (TPSA) is 15.3 Å². The van der Waals surface area contributed by atoms with E-state index in [9.17, 15) is 0 Å². The lowest BCUT2D eigenvalue weighted by Crippen LogP contribution is -2.46. The number of nitrogens with zero attached hydrogens (tertiary/aromatic N) is 1. The maximum atomic E-state index is 4.01. The van der Waals surface area contributed by atoms with Gasteiger partial charge in [-0.05, 0) is 36.9 Å². The van der Waals surface area contributed by atoms with Crippen molar-refractivity contribution in [2.45, 2.75) is 49.6 Å². The number of hydrogen-bond acceptors (Lipinski definition) is 3. The number of thioether (sulfide) groups is 1. The van der Waals surface area contributed by atoms with Gasteiger partial charge in [-0.15, -0.1) is 0 Å². The van der Waals surface area contributed by atoms with E-state index >= 15 is 0 Å². The lowest BCUT2D eigenvalue weighted by molar-refractivity contribution is 0.177. The molecule has 0 bridgehead atoms. The molecule has 0 saturated carbocycles. The largest absolute Gasteiger partial charge is 0.305 e. The Morgan fingerprint density at radius 3 is 3.05 bits per heavy atom. The predicted molar refractivity (Wildman–Crippen MR) is 86.1 cm³/mol. The van der Waals surface area contributed by atoms with Gasteiger partial charge in [0.2, 0.25) is 0 Å². The Kier molecular flexibility index (Phi) is 3.76. The third-order valence-electron chi connectivity index (χ3n) is 5.24. The van der Waals surface area contributed by atoms with Gasteiger partial charge in [-0.3, -0.25) is 4.90 Å². The average Bonchev–Trinajstić information content (AvgIpc) is 2.91. The first-order valence-corrected chi connectivity index (χ1v) is 9.23. The van der Waals surface area contributed by atoms with E-state index in [1.54, 1.807) is 11.1 Å². The molecule has 2 fully saturated rings. The highest BCUT2D eigenvalue weighted by Gasteiger charge is 2.37. The summed E-state index contributed by atoms with van der Waals surface area (Å²) in [6, 6.07) is 11.1. The summed E-state index contributed by atoms with van der Waals surface area (Å²) in [6.07, 6.45) is 5.58. The summed E-state index contributed by atoms with van der Waals surface area (Å²) in [4.78, 5) is 2.73. The third kappa shape index (κ3) is 2.40. The van der Waals surface area contributed by atoms with Crippen LogP contribution in [0, 0.1) is 0 Å². The molecule has 1 aromatic carbocycles. The lowest BCUT2D eigenvalue weighted by atomic mass is 9.96. The zero-order valence-corrected chi connectivity index (χ0v) is 12.9. The van der Waals surface area contributed by atoms with E-state index in [2.05, 4.69) is 46.2 Å². The van der Waals surface area contributed by atoms with Gasteiger partial charge in [0.05, 0.1) is 0 Å². The van der Waals surface area contributed by atoms with Crippen molar-refractivity contribution in [3.8, 4) is 0 Å². The molecule has 3 unspecified atom stereocenters. The second-order valence-electron chi connectivity index (χ2n) is 6.43. The van der Waals surface area contributed by atoms with Gasteiger partial charge >= 0.3 is 0 Å². The quantitative estimate of drug-likeness (QED) is 0.900. The van der Waals surface area contributed by atoms with Crippen LogP contribution < -0.4 is 5.32 Å². The molecule has 0 amide bonds. The van der Waals surface area contributed by atoms with Crippen LogP contribution in [0.25, 0.3) is 0 Å². The molecule has 1 N–H and O–H groups in total. The second-order valence-corrected chi connectivity index (χ2v) is 7.46. The molecule has 3 aliphatic heterocycles. The van der Waals surface area contributed by atoms with Crippen molar-refractivity contribution in [3.63, 3.8) is 0 Å². The fourth-order valence-electron chi connectivity index (χ4n) is 4.22. The predicted octanol–water partition coefficient (Wildman–Crippen LogP) is 3.19. The third-order valence-corrected chi connectivity index (χ3v) is 6.33. The smallest absolute Gasteiger partial charge is 0.0417 e. The maximum absolute atomic E-state index is 4.01. The second kappa shape index (κ2) is 5.70. The number of rotatable bonds is 2. The number of hydrogen-bond donors (Lipinski definition) is 1. The molecule has 3 aliphatic rings. The standard InChI is InChI=1S/C17H24N2S/c1-2-6-14-13(5-1)11-20-12-16(14)18-15-8-10-19-9-4-3-7-17(15)19/h1-2,5-6,15-18H,3-4,7-12H2. The minimum atomic E-state index is 0.567. The van der Waals surface area contributed by atoms with Crippen molar-refractivity contribution in [1.29, 1.82) is 0 Å². The summed E-state index contributed by atoms with van der Waals surface area (Å²) < 4.78 is 0. The molecule has 1 aromatic rings. The molecular weight excluding hydrogens is 264 g/mol. The molecule has 0 aromatic heterocycles. The van der Waals surface area contributed by atoms with E-state index in [0.29, 0.717) is 12.1 Å². The molecule has 3 atom stereocenters. The molecule has 0 aliphatic carbocycles. The fourth-order valence-corrected chi connectivity index (χ4v) is 5.33. The Morgan fingerprint density at radius 2 is 2.05 bits per heavy atom. The zero-order valence-electron chi connectivity index (χ0n) is 12.1. The van der Waals surface area contributed by atoms with Crippen LogP contribution in [0.3, 0.4) is 0 Å². The van der Waals surface area contributed by atoms with Gasteiger partial charge in [0, 0.05) is 36.2 Å². The lowest BCUT2D eigenvalue weighted by Gasteiger charge is -2.35. The summed E-state index contributed by atoms with van der Waals surface area (Å²) in [5.41, 5.74) is 3.10. The minimum absolute atomic E-state index is 0.567. The number of nitrogens with one attached hydrogen (secondary N) is 1. The first-order chi connectivity index (χ1) is 9.92. The number of piperidine rings is 1. The van der Waals surface area contributed by atoms with Crippen LogP contribution in [0.1, 0.15) is 42.9 Å². The molecule has 4 rings (SSSR count). The van der Waals surface area contributed by atoms with Crippen molar-refractivity contribution in [3.05, 3.63) is 35.4 Å². The average molecular weight is 288 g/mol. The highest BCUT2D eigenvalue weighted by Crippen LogP contribution is 2.34.